The van der Waals surface area contributed by atoms with Gasteiger partial charge in [0.25, 0.3) is 5.91 Å². The Morgan fingerprint density at radius 1 is 1.30 bits per heavy atom. The molecule has 100 valence electrons. The van der Waals surface area contributed by atoms with Crippen molar-refractivity contribution in [1.82, 2.24) is 0 Å². The van der Waals surface area contributed by atoms with Gasteiger partial charge in [-0.15, -0.1) is 0 Å². The number of nitrogens with one attached hydrogen (secondary N) is 1. The molecule has 1 amide bonds. The zero-order chi connectivity index (χ0) is 14.5. The van der Waals surface area contributed by atoms with Gasteiger partial charge in [-0.1, -0.05) is 12.1 Å². The van der Waals surface area contributed by atoms with E-state index in [1.54, 1.807) is 25.1 Å². The van der Waals surface area contributed by atoms with Gasteiger partial charge in [0.2, 0.25) is 0 Å². The van der Waals surface area contributed by atoms with Crippen LogP contribution in [0.5, 0.6) is 0 Å². The van der Waals surface area contributed by atoms with Crippen LogP contribution in [0, 0.1) is 25.2 Å². The van der Waals surface area contributed by atoms with Crippen LogP contribution >= 0.6 is 0 Å². The number of amides is 1. The third-order valence-electron chi connectivity index (χ3n) is 2.69. The van der Waals surface area contributed by atoms with E-state index < -0.39 is 5.91 Å². The topological polar surface area (TPSA) is 66.0 Å². The highest BCUT2D eigenvalue weighted by Gasteiger charge is 2.10. The van der Waals surface area contributed by atoms with E-state index >= 15 is 0 Å². The molecule has 1 heterocycles. The van der Waals surface area contributed by atoms with Crippen molar-refractivity contribution in [3.63, 3.8) is 0 Å². The minimum absolute atomic E-state index is 0.000793. The Balaban J connectivity index is 2.18. The smallest absolute Gasteiger partial charge is 0.266 e. The van der Waals surface area contributed by atoms with Crippen molar-refractivity contribution in [3.8, 4) is 6.07 Å². The zero-order valence-electron chi connectivity index (χ0n) is 11.3. The molecule has 0 fully saturated rings. The van der Waals surface area contributed by atoms with Gasteiger partial charge in [-0.3, -0.25) is 4.79 Å². The molecule has 0 aliphatic heterocycles. The summed E-state index contributed by atoms with van der Waals surface area (Å²) < 4.78 is 5.33. The summed E-state index contributed by atoms with van der Waals surface area (Å²) in [5.74, 6) is 0.762. The number of aryl methyl sites for hydroxylation is 2. The van der Waals surface area contributed by atoms with Crippen molar-refractivity contribution in [2.75, 3.05) is 5.32 Å². The molecule has 1 aromatic heterocycles. The molecule has 0 unspecified atom stereocenters. The van der Waals surface area contributed by atoms with Crippen LogP contribution in [0.25, 0.3) is 6.08 Å². The lowest BCUT2D eigenvalue weighted by Crippen LogP contribution is -2.13. The van der Waals surface area contributed by atoms with E-state index in [1.165, 1.54) is 6.08 Å². The summed E-state index contributed by atoms with van der Waals surface area (Å²) in [7, 11) is 0. The number of nitriles is 1. The molecule has 1 N–H and O–H groups in total. The van der Waals surface area contributed by atoms with Gasteiger partial charge in [0.1, 0.15) is 23.2 Å². The number of benzene rings is 1. The van der Waals surface area contributed by atoms with Crippen molar-refractivity contribution >= 4 is 17.7 Å². The van der Waals surface area contributed by atoms with Crippen molar-refractivity contribution < 1.29 is 9.21 Å². The highest BCUT2D eigenvalue weighted by molar-refractivity contribution is 6.09. The molecule has 20 heavy (non-hydrogen) atoms. The van der Waals surface area contributed by atoms with E-state index in [-0.39, 0.29) is 5.57 Å². The lowest BCUT2D eigenvalue weighted by molar-refractivity contribution is -0.112. The van der Waals surface area contributed by atoms with Crippen LogP contribution in [0.15, 0.2) is 46.4 Å². The number of hydrogen-bond acceptors (Lipinski definition) is 3. The third kappa shape index (κ3) is 3.36. The third-order valence-corrected chi connectivity index (χ3v) is 2.69. The molecule has 0 bridgehead atoms. The predicted octanol–water partition coefficient (Wildman–Crippen LogP) is 3.44. The van der Waals surface area contributed by atoms with Crippen LogP contribution in [-0.2, 0) is 4.79 Å². The van der Waals surface area contributed by atoms with Gasteiger partial charge < -0.3 is 9.73 Å². The Morgan fingerprint density at radius 2 is 2.10 bits per heavy atom. The van der Waals surface area contributed by atoms with Gasteiger partial charge in [0, 0.05) is 11.8 Å². The van der Waals surface area contributed by atoms with Crippen LogP contribution in [-0.4, -0.2) is 5.91 Å². The number of furan rings is 1. The van der Waals surface area contributed by atoms with Gasteiger partial charge >= 0.3 is 0 Å². The molecular formula is C16H14N2O2. The maximum absolute atomic E-state index is 12.0. The summed E-state index contributed by atoms with van der Waals surface area (Å²) in [6.07, 6.45) is 1.43. The first-order chi connectivity index (χ1) is 9.58. The number of carbonyl (C=O) groups excluding carboxylic acids is 1. The van der Waals surface area contributed by atoms with Gasteiger partial charge in [-0.25, -0.2) is 0 Å². The number of nitrogens with zero attached hydrogens (tertiary/aromatic N) is 1. The lowest BCUT2D eigenvalue weighted by Gasteiger charge is -2.04. The molecule has 0 aliphatic carbocycles. The Bertz CT molecular complexity index is 705. The van der Waals surface area contributed by atoms with Gasteiger partial charge in [0.05, 0.1) is 0 Å². The van der Waals surface area contributed by atoms with Gasteiger partial charge in [-0.05, 0) is 43.7 Å². The van der Waals surface area contributed by atoms with Crippen molar-refractivity contribution in [3.05, 3.63) is 59.1 Å². The molecule has 0 aliphatic rings. The summed E-state index contributed by atoms with van der Waals surface area (Å²) >= 11 is 0. The average molecular weight is 266 g/mol. The molecule has 2 aromatic rings. The molecule has 4 heteroatoms. The summed E-state index contributed by atoms with van der Waals surface area (Å²) in [4.78, 5) is 12.0. The minimum Gasteiger partial charge on any atom is -0.462 e. The molecule has 0 saturated carbocycles. The van der Waals surface area contributed by atoms with Crippen LogP contribution in [0.2, 0.25) is 0 Å². The molecule has 0 radical (unpaired) electrons. The number of hydrogen-bond donors (Lipinski definition) is 1. The van der Waals surface area contributed by atoms with Crippen molar-refractivity contribution in [2.24, 2.45) is 0 Å². The molecular weight excluding hydrogens is 252 g/mol. The SMILES string of the molecule is Cc1cccc(NC(=O)C(C#N)=Cc2ccc(C)o2)c1. The Hall–Kier alpha value is -2.80. The quantitative estimate of drug-likeness (QED) is 0.683. The van der Waals surface area contributed by atoms with Crippen LogP contribution in [0.1, 0.15) is 17.1 Å². The van der Waals surface area contributed by atoms with Crippen LogP contribution in [0.4, 0.5) is 5.69 Å². The fourth-order valence-corrected chi connectivity index (χ4v) is 1.74. The fraction of sp³-hybridized carbons (Fsp3) is 0.125. The summed E-state index contributed by atoms with van der Waals surface area (Å²) in [6.45, 7) is 3.73. The van der Waals surface area contributed by atoms with Crippen LogP contribution in [0.3, 0.4) is 0 Å². The zero-order valence-corrected chi connectivity index (χ0v) is 11.3. The van der Waals surface area contributed by atoms with E-state index in [0.717, 1.165) is 11.3 Å². The normalized spacial score (nSPS) is 10.9. The molecule has 4 nitrogen and oxygen atoms in total. The number of rotatable bonds is 3. The van der Waals surface area contributed by atoms with Gasteiger partial charge in [-0.2, -0.15) is 5.26 Å². The van der Waals surface area contributed by atoms with Gasteiger partial charge in [0.15, 0.2) is 0 Å². The number of anilines is 1. The molecule has 0 saturated heterocycles. The monoisotopic (exact) mass is 266 g/mol. The molecule has 1 aromatic carbocycles. The largest absolute Gasteiger partial charge is 0.462 e. The first-order valence-electron chi connectivity index (χ1n) is 6.15. The molecule has 2 rings (SSSR count). The van der Waals surface area contributed by atoms with E-state index in [0.29, 0.717) is 11.4 Å². The van der Waals surface area contributed by atoms with E-state index in [4.69, 9.17) is 9.68 Å². The minimum atomic E-state index is -0.452. The fourth-order valence-electron chi connectivity index (χ4n) is 1.74. The van der Waals surface area contributed by atoms with Crippen LogP contribution < -0.4 is 5.32 Å². The summed E-state index contributed by atoms with van der Waals surface area (Å²) in [5, 5.41) is 11.8. The van der Waals surface area contributed by atoms with E-state index in [9.17, 15) is 4.79 Å². The molecule has 0 atom stereocenters. The highest BCUT2D eigenvalue weighted by Crippen LogP contribution is 2.14. The maximum atomic E-state index is 12.0. The van der Waals surface area contributed by atoms with Crippen molar-refractivity contribution in [1.29, 1.82) is 5.26 Å². The van der Waals surface area contributed by atoms with E-state index in [1.807, 2.05) is 31.2 Å². The Labute approximate surface area is 117 Å². The first-order valence-corrected chi connectivity index (χ1v) is 6.15. The highest BCUT2D eigenvalue weighted by atomic mass is 16.3. The standard InChI is InChI=1S/C16H14N2O2/c1-11-4-3-5-14(8-11)18-16(19)13(10-17)9-15-7-6-12(2)20-15/h3-9H,1-2H3,(H,18,19). The number of carbonyl (C=O) groups is 1. The average Bonchev–Trinajstić information content (AvgIpc) is 2.81. The maximum Gasteiger partial charge on any atom is 0.266 e. The Morgan fingerprint density at radius 3 is 2.70 bits per heavy atom. The van der Waals surface area contributed by atoms with E-state index in [2.05, 4.69) is 5.32 Å². The summed E-state index contributed by atoms with van der Waals surface area (Å²) in [6, 6.07) is 12.8. The Kier molecular flexibility index (Phi) is 4.02. The van der Waals surface area contributed by atoms with Crippen molar-refractivity contribution in [2.45, 2.75) is 13.8 Å². The lowest BCUT2D eigenvalue weighted by atomic mass is 10.2. The second-order valence-electron chi connectivity index (χ2n) is 4.44. The molecule has 0 spiro atoms. The second kappa shape index (κ2) is 5.89. The predicted molar refractivity (Wildman–Crippen MR) is 76.8 cm³/mol. The first kappa shape index (κ1) is 13.6. The summed E-state index contributed by atoms with van der Waals surface area (Å²) in [5.41, 5.74) is 1.69. The second-order valence-corrected chi connectivity index (χ2v) is 4.44.